The van der Waals surface area contributed by atoms with E-state index in [2.05, 4.69) is 4.40 Å². The zero-order valence-electron chi connectivity index (χ0n) is 10.6. The fourth-order valence-corrected chi connectivity index (χ4v) is 3.96. The summed E-state index contributed by atoms with van der Waals surface area (Å²) >= 11 is 1.18. The lowest BCUT2D eigenvalue weighted by molar-refractivity contribution is -0.125. The molecule has 1 heterocycles. The molecule has 0 N–H and O–H groups in total. The number of sulfonamides is 1. The number of carbonyl (C=O) groups is 1. The number of nitrogens with zero attached hydrogens (tertiary/aromatic N) is 2. The van der Waals surface area contributed by atoms with E-state index in [0.29, 0.717) is 6.54 Å². The van der Waals surface area contributed by atoms with Gasteiger partial charge >= 0.3 is 0 Å². The Labute approximate surface area is 116 Å². The van der Waals surface area contributed by atoms with Crippen LogP contribution in [0, 0.1) is 0 Å². The largest absolute Gasteiger partial charge is 0.290 e. The molecular weight excluding hydrogens is 284 g/mol. The highest BCUT2D eigenvalue weighted by molar-refractivity contribution is 8.16. The fraction of sp³-hybridized carbons (Fsp3) is 0.333. The molecule has 7 heteroatoms. The summed E-state index contributed by atoms with van der Waals surface area (Å²) in [5.41, 5.74) is 0. The Balaban J connectivity index is 2.39. The second-order valence-electron chi connectivity index (χ2n) is 4.00. The summed E-state index contributed by atoms with van der Waals surface area (Å²) in [6.07, 6.45) is 0. The van der Waals surface area contributed by atoms with E-state index in [9.17, 15) is 13.2 Å². The molecule has 1 fully saturated rings. The number of thioether (sulfide) groups is 1. The minimum Gasteiger partial charge on any atom is -0.290 e. The molecule has 1 atom stereocenters. The van der Waals surface area contributed by atoms with Crippen molar-refractivity contribution in [1.29, 1.82) is 0 Å². The molecule has 0 bridgehead atoms. The predicted molar refractivity (Wildman–Crippen MR) is 75.5 cm³/mol. The molecule has 1 aliphatic heterocycles. The number of hydrogen-bond donors (Lipinski definition) is 0. The van der Waals surface area contributed by atoms with Crippen molar-refractivity contribution in [2.24, 2.45) is 4.40 Å². The summed E-state index contributed by atoms with van der Waals surface area (Å²) in [6, 6.07) is 7.99. The summed E-state index contributed by atoms with van der Waals surface area (Å²) < 4.78 is 28.0. The smallest absolute Gasteiger partial charge is 0.284 e. The molecule has 1 amide bonds. The van der Waals surface area contributed by atoms with Crippen molar-refractivity contribution in [3.05, 3.63) is 30.3 Å². The van der Waals surface area contributed by atoms with E-state index in [4.69, 9.17) is 0 Å². The van der Waals surface area contributed by atoms with Crippen molar-refractivity contribution in [2.45, 2.75) is 24.0 Å². The van der Waals surface area contributed by atoms with Crippen LogP contribution in [-0.4, -0.2) is 36.2 Å². The van der Waals surface area contributed by atoms with Gasteiger partial charge in [-0.25, -0.2) is 0 Å². The number of rotatable bonds is 3. The van der Waals surface area contributed by atoms with Gasteiger partial charge in [0, 0.05) is 6.54 Å². The lowest BCUT2D eigenvalue weighted by Gasteiger charge is -2.12. The van der Waals surface area contributed by atoms with Crippen LogP contribution in [0.2, 0.25) is 0 Å². The van der Waals surface area contributed by atoms with E-state index >= 15 is 0 Å². The van der Waals surface area contributed by atoms with Crippen molar-refractivity contribution < 1.29 is 13.2 Å². The van der Waals surface area contributed by atoms with Crippen LogP contribution in [0.5, 0.6) is 0 Å². The molecule has 0 aromatic heterocycles. The summed E-state index contributed by atoms with van der Waals surface area (Å²) in [6.45, 7) is 3.95. The Morgan fingerprint density at radius 2 is 1.95 bits per heavy atom. The van der Waals surface area contributed by atoms with Crippen LogP contribution in [0.15, 0.2) is 39.6 Å². The first kappa shape index (κ1) is 14.1. The standard InChI is InChI=1S/C12H14N2O3S2/c1-3-14-11(15)9(2)18-12(14)13-19(16,17)10-7-5-4-6-8-10/h4-9H,3H2,1-2H3/b13-12+. The molecule has 1 aromatic carbocycles. The molecule has 0 radical (unpaired) electrons. The fourth-order valence-electron chi connectivity index (χ4n) is 1.70. The number of amides is 1. The molecule has 1 unspecified atom stereocenters. The summed E-state index contributed by atoms with van der Waals surface area (Å²) in [5.74, 6) is -0.102. The normalized spacial score (nSPS) is 22.2. The maximum absolute atomic E-state index is 12.1. The van der Waals surface area contributed by atoms with Gasteiger partial charge in [-0.05, 0) is 26.0 Å². The summed E-state index contributed by atoms with van der Waals surface area (Å²) in [7, 11) is -3.76. The van der Waals surface area contributed by atoms with Crippen LogP contribution >= 0.6 is 11.8 Å². The molecule has 0 spiro atoms. The van der Waals surface area contributed by atoms with Gasteiger partial charge in [-0.2, -0.15) is 8.42 Å². The second-order valence-corrected chi connectivity index (χ2v) is 6.92. The first-order valence-corrected chi connectivity index (χ1v) is 8.15. The Morgan fingerprint density at radius 1 is 1.32 bits per heavy atom. The molecule has 19 heavy (non-hydrogen) atoms. The van der Waals surface area contributed by atoms with Gasteiger partial charge in [-0.15, -0.1) is 4.40 Å². The Bertz CT molecular complexity index is 611. The van der Waals surface area contributed by atoms with Gasteiger partial charge in [0.05, 0.1) is 10.1 Å². The first-order chi connectivity index (χ1) is 8.95. The van der Waals surface area contributed by atoms with Gasteiger partial charge < -0.3 is 0 Å². The molecule has 1 saturated heterocycles. The van der Waals surface area contributed by atoms with Crippen LogP contribution in [0.1, 0.15) is 13.8 Å². The van der Waals surface area contributed by atoms with E-state index in [1.807, 2.05) is 0 Å². The van der Waals surface area contributed by atoms with E-state index in [1.54, 1.807) is 32.0 Å². The molecule has 1 aromatic rings. The molecular formula is C12H14N2O3S2. The highest BCUT2D eigenvalue weighted by Crippen LogP contribution is 2.28. The first-order valence-electron chi connectivity index (χ1n) is 5.83. The van der Waals surface area contributed by atoms with Gasteiger partial charge in [0.2, 0.25) is 5.91 Å². The average molecular weight is 298 g/mol. The molecule has 0 aliphatic carbocycles. The quantitative estimate of drug-likeness (QED) is 0.852. The van der Waals surface area contributed by atoms with Crippen LogP contribution in [-0.2, 0) is 14.8 Å². The Hall–Kier alpha value is -1.34. The third kappa shape index (κ3) is 2.82. The van der Waals surface area contributed by atoms with Crippen LogP contribution in [0.4, 0.5) is 0 Å². The number of amidine groups is 1. The monoisotopic (exact) mass is 298 g/mol. The topological polar surface area (TPSA) is 66.8 Å². The molecule has 2 rings (SSSR count). The summed E-state index contributed by atoms with van der Waals surface area (Å²) in [5, 5.41) is -0.0338. The second kappa shape index (κ2) is 5.34. The van der Waals surface area contributed by atoms with Crippen molar-refractivity contribution in [2.75, 3.05) is 6.54 Å². The highest BCUT2D eigenvalue weighted by atomic mass is 32.2. The average Bonchev–Trinajstić information content (AvgIpc) is 2.65. The van der Waals surface area contributed by atoms with Crippen molar-refractivity contribution >= 4 is 32.9 Å². The van der Waals surface area contributed by atoms with E-state index in [1.165, 1.54) is 28.8 Å². The predicted octanol–water partition coefficient (Wildman–Crippen LogP) is 1.72. The van der Waals surface area contributed by atoms with Crippen LogP contribution in [0.25, 0.3) is 0 Å². The van der Waals surface area contributed by atoms with Gasteiger partial charge in [0.1, 0.15) is 0 Å². The van der Waals surface area contributed by atoms with E-state index in [0.717, 1.165) is 0 Å². The molecule has 1 aliphatic rings. The third-order valence-corrected chi connectivity index (χ3v) is 5.16. The maximum Gasteiger partial charge on any atom is 0.284 e. The SMILES string of the molecule is CCN1C(=O)C(C)S/C1=N/S(=O)(=O)c1ccccc1. The highest BCUT2D eigenvalue weighted by Gasteiger charge is 2.35. The molecule has 5 nitrogen and oxygen atoms in total. The third-order valence-electron chi connectivity index (χ3n) is 2.68. The van der Waals surface area contributed by atoms with Crippen LogP contribution in [0.3, 0.4) is 0 Å². The Morgan fingerprint density at radius 3 is 2.53 bits per heavy atom. The number of benzene rings is 1. The zero-order chi connectivity index (χ0) is 14.0. The lowest BCUT2D eigenvalue weighted by atomic mass is 10.4. The maximum atomic E-state index is 12.1. The number of hydrogen-bond acceptors (Lipinski definition) is 4. The molecule has 0 saturated carbocycles. The molecule has 102 valence electrons. The Kier molecular flexibility index (Phi) is 3.96. The van der Waals surface area contributed by atoms with Gasteiger partial charge in [-0.3, -0.25) is 9.69 Å². The van der Waals surface area contributed by atoms with E-state index < -0.39 is 10.0 Å². The number of carbonyl (C=O) groups excluding carboxylic acids is 1. The van der Waals surface area contributed by atoms with Gasteiger partial charge in [0.15, 0.2) is 5.17 Å². The lowest BCUT2D eigenvalue weighted by Crippen LogP contribution is -2.31. The summed E-state index contributed by atoms with van der Waals surface area (Å²) in [4.78, 5) is 13.3. The zero-order valence-corrected chi connectivity index (χ0v) is 12.2. The van der Waals surface area contributed by atoms with E-state index in [-0.39, 0.29) is 21.2 Å². The van der Waals surface area contributed by atoms with Crippen molar-refractivity contribution in [3.63, 3.8) is 0 Å². The van der Waals surface area contributed by atoms with Gasteiger partial charge in [-0.1, -0.05) is 30.0 Å². The minimum atomic E-state index is -3.76. The minimum absolute atomic E-state index is 0.102. The van der Waals surface area contributed by atoms with Gasteiger partial charge in [0.25, 0.3) is 10.0 Å². The van der Waals surface area contributed by atoms with Crippen LogP contribution < -0.4 is 0 Å². The van der Waals surface area contributed by atoms with Crippen molar-refractivity contribution in [1.82, 2.24) is 4.90 Å². The van der Waals surface area contributed by atoms with Crippen molar-refractivity contribution in [3.8, 4) is 0 Å².